The zero-order valence-electron chi connectivity index (χ0n) is 15.7. The van der Waals surface area contributed by atoms with Gasteiger partial charge in [0, 0.05) is 10.0 Å². The van der Waals surface area contributed by atoms with E-state index < -0.39 is 10.0 Å². The Bertz CT molecular complexity index is 1290. The van der Waals surface area contributed by atoms with Crippen molar-refractivity contribution in [1.29, 1.82) is 0 Å². The van der Waals surface area contributed by atoms with Crippen molar-refractivity contribution in [3.05, 3.63) is 76.5 Å². The van der Waals surface area contributed by atoms with Gasteiger partial charge >= 0.3 is 0 Å². The van der Waals surface area contributed by atoms with Crippen LogP contribution < -0.4 is 10.1 Å². The molecule has 9 heteroatoms. The maximum absolute atomic E-state index is 12.9. The summed E-state index contributed by atoms with van der Waals surface area (Å²) in [7, 11) is -3.81. The van der Waals surface area contributed by atoms with Crippen LogP contribution in [0, 0.1) is 0 Å². The molecule has 0 saturated carbocycles. The zero-order valence-corrected chi connectivity index (χ0v) is 18.1. The summed E-state index contributed by atoms with van der Waals surface area (Å²) in [5.41, 5.74) is 2.27. The van der Waals surface area contributed by atoms with Crippen molar-refractivity contribution in [2.45, 2.75) is 11.8 Å². The minimum Gasteiger partial charge on any atom is -0.457 e. The lowest BCUT2D eigenvalue weighted by Gasteiger charge is -2.11. The Morgan fingerprint density at radius 1 is 1.03 bits per heavy atom. The van der Waals surface area contributed by atoms with E-state index in [0.717, 1.165) is 10.0 Å². The van der Waals surface area contributed by atoms with E-state index in [1.165, 1.54) is 29.3 Å². The van der Waals surface area contributed by atoms with Crippen molar-refractivity contribution in [2.24, 2.45) is 10.2 Å². The molecule has 0 bridgehead atoms. The second-order valence-corrected chi connectivity index (χ2v) is 9.09. The number of rotatable bonds is 4. The molecule has 0 spiro atoms. The van der Waals surface area contributed by atoms with Gasteiger partial charge < -0.3 is 4.42 Å². The zero-order chi connectivity index (χ0) is 21.5. The maximum Gasteiger partial charge on any atom is 0.280 e. The largest absolute Gasteiger partial charge is 0.457 e. The van der Waals surface area contributed by atoms with Crippen molar-refractivity contribution >= 4 is 49.3 Å². The predicted molar refractivity (Wildman–Crippen MR) is 118 cm³/mol. The number of hydrogen-bond acceptors (Lipinski definition) is 5. The SMILES string of the molecule is CC1=NN(c2ccc(S(N)(=O)=O)cc2)C(=O)C1=Cc1ccc(-c2ccc(Br)cc2)o1. The first-order valence-corrected chi connectivity index (χ1v) is 11.2. The second-order valence-electron chi connectivity index (χ2n) is 6.61. The molecule has 0 radical (unpaired) electrons. The first kappa shape index (κ1) is 20.3. The number of carbonyl (C=O) groups excluding carboxylic acids is 1. The molecule has 1 aliphatic heterocycles. The van der Waals surface area contributed by atoms with E-state index in [4.69, 9.17) is 9.56 Å². The van der Waals surface area contributed by atoms with Gasteiger partial charge in [-0.3, -0.25) is 4.79 Å². The summed E-state index contributed by atoms with van der Waals surface area (Å²) in [6.45, 7) is 1.72. The number of carbonyl (C=O) groups is 1. The van der Waals surface area contributed by atoms with Gasteiger partial charge in [0.25, 0.3) is 5.91 Å². The highest BCUT2D eigenvalue weighted by atomic mass is 79.9. The van der Waals surface area contributed by atoms with E-state index >= 15 is 0 Å². The van der Waals surface area contributed by atoms with Gasteiger partial charge in [0.05, 0.1) is 21.9 Å². The molecule has 4 rings (SSSR count). The molecular weight excluding hydrogens is 470 g/mol. The van der Waals surface area contributed by atoms with Crippen LogP contribution in [0.2, 0.25) is 0 Å². The lowest BCUT2D eigenvalue weighted by Crippen LogP contribution is -2.21. The normalized spacial score (nSPS) is 15.7. The second kappa shape index (κ2) is 7.67. The molecule has 0 saturated heterocycles. The highest BCUT2D eigenvalue weighted by molar-refractivity contribution is 9.10. The first-order valence-electron chi connectivity index (χ1n) is 8.83. The van der Waals surface area contributed by atoms with Gasteiger partial charge in [-0.15, -0.1) is 0 Å². The van der Waals surface area contributed by atoms with Crippen molar-refractivity contribution in [2.75, 3.05) is 5.01 Å². The number of anilines is 1. The molecule has 2 aromatic carbocycles. The fraction of sp³-hybridized carbons (Fsp3) is 0.0476. The Morgan fingerprint density at radius 2 is 1.70 bits per heavy atom. The van der Waals surface area contributed by atoms with E-state index in [0.29, 0.717) is 28.5 Å². The van der Waals surface area contributed by atoms with Crippen LogP contribution in [-0.2, 0) is 14.8 Å². The standard InChI is InChI=1S/C21H16BrN3O4S/c1-13-19(12-17-8-11-20(29-17)14-2-4-15(22)5-3-14)21(26)25(24-13)16-6-9-18(10-7-16)30(23,27)28/h2-12H,1H3,(H2,23,27,28). The predicted octanol–water partition coefficient (Wildman–Crippen LogP) is 4.16. The van der Waals surface area contributed by atoms with E-state index in [1.54, 1.807) is 19.1 Å². The van der Waals surface area contributed by atoms with E-state index in [2.05, 4.69) is 21.0 Å². The number of hydrazone groups is 1. The van der Waals surface area contributed by atoms with Crippen LogP contribution in [0.4, 0.5) is 5.69 Å². The fourth-order valence-electron chi connectivity index (χ4n) is 2.98. The summed E-state index contributed by atoms with van der Waals surface area (Å²) in [5.74, 6) is 0.875. The Morgan fingerprint density at radius 3 is 2.33 bits per heavy atom. The molecule has 0 atom stereocenters. The van der Waals surface area contributed by atoms with Crippen LogP contribution >= 0.6 is 15.9 Å². The number of nitrogens with two attached hydrogens (primary N) is 1. The van der Waals surface area contributed by atoms with Crippen molar-refractivity contribution in [3.8, 4) is 11.3 Å². The molecule has 1 aromatic heterocycles. The number of hydrogen-bond donors (Lipinski definition) is 1. The Hall–Kier alpha value is -3.01. The molecule has 2 heterocycles. The summed E-state index contributed by atoms with van der Waals surface area (Å²) < 4.78 is 29.6. The topological polar surface area (TPSA) is 106 Å². The average Bonchev–Trinajstić information content (AvgIpc) is 3.28. The number of sulfonamides is 1. The van der Waals surface area contributed by atoms with Crippen LogP contribution in [-0.4, -0.2) is 20.0 Å². The lowest BCUT2D eigenvalue weighted by molar-refractivity contribution is -0.114. The average molecular weight is 486 g/mol. The van der Waals surface area contributed by atoms with E-state index in [9.17, 15) is 13.2 Å². The fourth-order valence-corrected chi connectivity index (χ4v) is 3.76. The third-order valence-corrected chi connectivity index (χ3v) is 5.97. The van der Waals surface area contributed by atoms with Crippen LogP contribution in [0.1, 0.15) is 12.7 Å². The van der Waals surface area contributed by atoms with Crippen molar-refractivity contribution in [3.63, 3.8) is 0 Å². The minimum absolute atomic E-state index is 0.0366. The Balaban J connectivity index is 1.59. The van der Waals surface area contributed by atoms with E-state index in [-0.39, 0.29) is 10.8 Å². The molecule has 1 amide bonds. The van der Waals surface area contributed by atoms with Crippen LogP contribution in [0.5, 0.6) is 0 Å². The van der Waals surface area contributed by atoms with Gasteiger partial charge in [0.1, 0.15) is 11.5 Å². The van der Waals surface area contributed by atoms with Crippen LogP contribution in [0.3, 0.4) is 0 Å². The molecule has 0 aliphatic carbocycles. The van der Waals surface area contributed by atoms with Crippen molar-refractivity contribution < 1.29 is 17.6 Å². The van der Waals surface area contributed by atoms with Gasteiger partial charge in [0.2, 0.25) is 10.0 Å². The highest BCUT2D eigenvalue weighted by Crippen LogP contribution is 2.28. The number of furan rings is 1. The van der Waals surface area contributed by atoms with Gasteiger partial charge in [-0.05, 0) is 61.5 Å². The lowest BCUT2D eigenvalue weighted by atomic mass is 10.1. The number of primary sulfonamides is 1. The van der Waals surface area contributed by atoms with E-state index in [1.807, 2.05) is 30.3 Å². The molecule has 0 unspecified atom stereocenters. The summed E-state index contributed by atoms with van der Waals surface area (Å²) in [6, 6.07) is 17.0. The number of amides is 1. The molecular formula is C21H16BrN3O4S. The van der Waals surface area contributed by atoms with Crippen LogP contribution in [0.15, 0.2) is 85.1 Å². The molecule has 30 heavy (non-hydrogen) atoms. The van der Waals surface area contributed by atoms with Crippen molar-refractivity contribution in [1.82, 2.24) is 0 Å². The quantitative estimate of drug-likeness (QED) is 0.559. The minimum atomic E-state index is -3.81. The number of halogens is 1. The summed E-state index contributed by atoms with van der Waals surface area (Å²) in [5, 5.41) is 10.6. The number of nitrogens with zero attached hydrogens (tertiary/aromatic N) is 2. The van der Waals surface area contributed by atoms with Gasteiger partial charge in [-0.1, -0.05) is 28.1 Å². The van der Waals surface area contributed by atoms with Gasteiger partial charge in [-0.2, -0.15) is 10.1 Å². The molecule has 3 aromatic rings. The monoisotopic (exact) mass is 485 g/mol. The molecule has 7 nitrogen and oxygen atoms in total. The smallest absolute Gasteiger partial charge is 0.280 e. The maximum atomic E-state index is 12.9. The third-order valence-electron chi connectivity index (χ3n) is 4.51. The Kier molecular flexibility index (Phi) is 5.19. The molecule has 0 fully saturated rings. The molecule has 1 aliphatic rings. The van der Waals surface area contributed by atoms with Gasteiger partial charge in [0.15, 0.2) is 0 Å². The molecule has 2 N–H and O–H groups in total. The summed E-state index contributed by atoms with van der Waals surface area (Å²) >= 11 is 3.40. The van der Waals surface area contributed by atoms with Crippen LogP contribution in [0.25, 0.3) is 17.4 Å². The first-order chi connectivity index (χ1) is 14.2. The highest BCUT2D eigenvalue weighted by Gasteiger charge is 2.29. The third kappa shape index (κ3) is 4.00. The molecule has 152 valence electrons. The summed E-state index contributed by atoms with van der Waals surface area (Å²) in [6.07, 6.45) is 1.64. The van der Waals surface area contributed by atoms with Gasteiger partial charge in [-0.25, -0.2) is 13.6 Å². The Labute approximate surface area is 181 Å². The summed E-state index contributed by atoms with van der Waals surface area (Å²) in [4.78, 5) is 12.8. The number of benzene rings is 2.